The molecule has 0 saturated carbocycles. The number of aryl methyl sites for hydroxylation is 3. The molecular weight excluding hydrogens is 390 g/mol. The molecule has 0 aliphatic rings. The van der Waals surface area contributed by atoms with Crippen molar-refractivity contribution in [3.05, 3.63) is 52.0 Å². The summed E-state index contributed by atoms with van der Waals surface area (Å²) in [5, 5.41) is 3.41. The van der Waals surface area contributed by atoms with Gasteiger partial charge in [-0.1, -0.05) is 12.1 Å². The van der Waals surface area contributed by atoms with E-state index in [9.17, 15) is 9.59 Å². The van der Waals surface area contributed by atoms with Gasteiger partial charge in [0.1, 0.15) is 22.1 Å². The molecule has 7 nitrogen and oxygen atoms in total. The lowest BCUT2D eigenvalue weighted by Gasteiger charge is -2.08. The molecule has 3 rings (SSSR count). The van der Waals surface area contributed by atoms with Crippen molar-refractivity contribution in [1.82, 2.24) is 10.3 Å². The third kappa shape index (κ3) is 5.03. The number of hydrogen-bond acceptors (Lipinski definition) is 7. The number of hydrogen-bond donors (Lipinski definition) is 2. The Balaban J connectivity index is 1.49. The second-order valence-corrected chi connectivity index (χ2v) is 7.70. The van der Waals surface area contributed by atoms with E-state index in [1.807, 2.05) is 51.1 Å². The lowest BCUT2D eigenvalue weighted by atomic mass is 10.1. The van der Waals surface area contributed by atoms with Crippen molar-refractivity contribution in [2.75, 3.05) is 25.5 Å². The van der Waals surface area contributed by atoms with Gasteiger partial charge in [-0.15, -0.1) is 11.3 Å². The average Bonchev–Trinajstić information content (AvgIpc) is 3.00. The topological polar surface area (TPSA) is 104 Å². The molecule has 152 valence electrons. The zero-order valence-electron chi connectivity index (χ0n) is 16.6. The van der Waals surface area contributed by atoms with E-state index in [1.54, 1.807) is 0 Å². The second kappa shape index (κ2) is 8.91. The number of anilines is 1. The van der Waals surface area contributed by atoms with Gasteiger partial charge in [-0.3, -0.25) is 4.79 Å². The Labute approximate surface area is 172 Å². The van der Waals surface area contributed by atoms with Gasteiger partial charge in [0.25, 0.3) is 5.91 Å². The van der Waals surface area contributed by atoms with Crippen LogP contribution in [0.4, 0.5) is 5.69 Å². The number of esters is 1. The Morgan fingerprint density at radius 1 is 1.21 bits per heavy atom. The highest BCUT2D eigenvalue weighted by atomic mass is 32.1. The Morgan fingerprint density at radius 2 is 2.00 bits per heavy atom. The molecule has 3 aromatic rings. The smallest absolute Gasteiger partial charge is 0.351 e. The molecule has 1 aromatic carbocycles. The van der Waals surface area contributed by atoms with Crippen molar-refractivity contribution < 1.29 is 19.1 Å². The first kappa shape index (κ1) is 20.6. The number of nitrogens with one attached hydrogen (secondary N) is 1. The molecule has 0 aliphatic heterocycles. The number of nitrogen functional groups attached to an aromatic ring is 1. The summed E-state index contributed by atoms with van der Waals surface area (Å²) < 4.78 is 10.7. The van der Waals surface area contributed by atoms with E-state index in [4.69, 9.17) is 15.2 Å². The molecule has 0 saturated heterocycles. The number of aromatic nitrogens is 1. The average molecular weight is 413 g/mol. The van der Waals surface area contributed by atoms with Gasteiger partial charge in [0.2, 0.25) is 0 Å². The number of pyridine rings is 1. The van der Waals surface area contributed by atoms with Gasteiger partial charge >= 0.3 is 5.97 Å². The van der Waals surface area contributed by atoms with Crippen molar-refractivity contribution in [2.24, 2.45) is 0 Å². The maximum absolute atomic E-state index is 12.4. The van der Waals surface area contributed by atoms with E-state index in [-0.39, 0.29) is 11.5 Å². The summed E-state index contributed by atoms with van der Waals surface area (Å²) in [6, 6.07) is 9.56. The molecule has 0 unspecified atom stereocenters. The third-order valence-corrected chi connectivity index (χ3v) is 5.31. The fourth-order valence-corrected chi connectivity index (χ4v) is 4.04. The van der Waals surface area contributed by atoms with Crippen LogP contribution < -0.4 is 15.8 Å². The number of nitrogens with zero attached hydrogens (tertiary/aromatic N) is 1. The lowest BCUT2D eigenvalue weighted by Crippen LogP contribution is -2.32. The highest BCUT2D eigenvalue weighted by Gasteiger charge is 2.20. The Bertz CT molecular complexity index is 1060. The summed E-state index contributed by atoms with van der Waals surface area (Å²) in [7, 11) is 0. The molecule has 0 bridgehead atoms. The first-order chi connectivity index (χ1) is 13.8. The molecule has 3 N–H and O–H groups in total. The SMILES string of the molecule is Cc1cccc(OCCNC(=O)COC(=O)c2sc3nc(C)cc(C)c3c2N)c1. The van der Waals surface area contributed by atoms with Crippen LogP contribution in [0.1, 0.15) is 26.5 Å². The van der Waals surface area contributed by atoms with Crippen molar-refractivity contribution in [1.29, 1.82) is 0 Å². The number of ether oxygens (including phenoxy) is 2. The van der Waals surface area contributed by atoms with E-state index in [2.05, 4.69) is 10.3 Å². The number of nitrogens with two attached hydrogens (primary N) is 1. The Kier molecular flexibility index (Phi) is 6.33. The summed E-state index contributed by atoms with van der Waals surface area (Å²) in [6.07, 6.45) is 0. The number of thiophene rings is 1. The van der Waals surface area contributed by atoms with Crippen LogP contribution in [0.2, 0.25) is 0 Å². The molecule has 8 heteroatoms. The molecule has 2 aromatic heterocycles. The molecule has 0 aliphatic carbocycles. The summed E-state index contributed by atoms with van der Waals surface area (Å²) in [5.41, 5.74) is 9.35. The Morgan fingerprint density at radius 3 is 2.76 bits per heavy atom. The van der Waals surface area contributed by atoms with Gasteiger partial charge in [-0.25, -0.2) is 9.78 Å². The van der Waals surface area contributed by atoms with Gasteiger partial charge in [-0.2, -0.15) is 0 Å². The number of carbonyl (C=O) groups excluding carboxylic acids is 2. The third-order valence-electron chi connectivity index (χ3n) is 4.23. The standard InChI is InChI=1S/C21H23N3O4S/c1-12-5-4-6-15(9-12)27-8-7-23-16(25)11-28-21(26)19-18(22)17-13(2)10-14(3)24-20(17)29-19/h4-6,9-10H,7-8,11,22H2,1-3H3,(H,23,25). The molecule has 0 radical (unpaired) electrons. The van der Waals surface area contributed by atoms with Crippen molar-refractivity contribution in [3.63, 3.8) is 0 Å². The lowest BCUT2D eigenvalue weighted by molar-refractivity contribution is -0.124. The minimum atomic E-state index is -0.631. The molecule has 2 heterocycles. The second-order valence-electron chi connectivity index (χ2n) is 6.70. The largest absolute Gasteiger partial charge is 0.492 e. The summed E-state index contributed by atoms with van der Waals surface area (Å²) in [4.78, 5) is 29.6. The minimum Gasteiger partial charge on any atom is -0.492 e. The molecule has 0 fully saturated rings. The maximum atomic E-state index is 12.4. The zero-order valence-corrected chi connectivity index (χ0v) is 17.4. The summed E-state index contributed by atoms with van der Waals surface area (Å²) >= 11 is 1.17. The van der Waals surface area contributed by atoms with E-state index >= 15 is 0 Å². The quantitative estimate of drug-likeness (QED) is 0.456. The highest BCUT2D eigenvalue weighted by molar-refractivity contribution is 7.21. The predicted octanol–water partition coefficient (Wildman–Crippen LogP) is 3.16. The number of amides is 1. The van der Waals surface area contributed by atoms with Crippen molar-refractivity contribution in [3.8, 4) is 5.75 Å². The van der Waals surface area contributed by atoms with Crippen LogP contribution in [0.15, 0.2) is 30.3 Å². The highest BCUT2D eigenvalue weighted by Crippen LogP contribution is 2.35. The maximum Gasteiger partial charge on any atom is 0.351 e. The van der Waals surface area contributed by atoms with E-state index in [1.165, 1.54) is 11.3 Å². The number of rotatable bonds is 7. The molecule has 0 atom stereocenters. The number of benzene rings is 1. The van der Waals surface area contributed by atoms with Crippen LogP contribution in [0.3, 0.4) is 0 Å². The van der Waals surface area contributed by atoms with Crippen LogP contribution in [0, 0.1) is 20.8 Å². The molecular formula is C21H23N3O4S. The van der Waals surface area contributed by atoms with Crippen LogP contribution >= 0.6 is 11.3 Å². The molecule has 29 heavy (non-hydrogen) atoms. The van der Waals surface area contributed by atoms with Gasteiger partial charge in [-0.05, 0) is 50.1 Å². The van der Waals surface area contributed by atoms with Gasteiger partial charge < -0.3 is 20.5 Å². The van der Waals surface area contributed by atoms with E-state index in [0.717, 1.165) is 28.0 Å². The zero-order chi connectivity index (χ0) is 21.0. The van der Waals surface area contributed by atoms with Crippen LogP contribution in [-0.2, 0) is 9.53 Å². The van der Waals surface area contributed by atoms with E-state index in [0.29, 0.717) is 23.7 Å². The number of fused-ring (bicyclic) bond motifs is 1. The van der Waals surface area contributed by atoms with Gasteiger partial charge in [0, 0.05) is 11.1 Å². The predicted molar refractivity (Wildman–Crippen MR) is 113 cm³/mol. The fourth-order valence-electron chi connectivity index (χ4n) is 2.93. The monoisotopic (exact) mass is 413 g/mol. The Hall–Kier alpha value is -3.13. The van der Waals surface area contributed by atoms with Gasteiger partial charge in [0.15, 0.2) is 6.61 Å². The van der Waals surface area contributed by atoms with Crippen molar-refractivity contribution in [2.45, 2.75) is 20.8 Å². The minimum absolute atomic E-state index is 0.261. The first-order valence-electron chi connectivity index (χ1n) is 9.14. The van der Waals surface area contributed by atoms with Crippen LogP contribution in [0.25, 0.3) is 10.2 Å². The summed E-state index contributed by atoms with van der Waals surface area (Å²) in [6.45, 7) is 6.01. The van der Waals surface area contributed by atoms with Crippen LogP contribution in [0.5, 0.6) is 5.75 Å². The normalized spacial score (nSPS) is 10.7. The summed E-state index contributed by atoms with van der Waals surface area (Å²) in [5.74, 6) is -0.296. The molecule has 1 amide bonds. The van der Waals surface area contributed by atoms with Crippen molar-refractivity contribution >= 4 is 39.1 Å². The fraction of sp³-hybridized carbons (Fsp3) is 0.286. The van der Waals surface area contributed by atoms with Gasteiger partial charge in [0.05, 0.1) is 12.2 Å². The number of carbonyl (C=O) groups is 2. The van der Waals surface area contributed by atoms with Crippen LogP contribution in [-0.4, -0.2) is 36.6 Å². The molecule has 0 spiro atoms. The first-order valence-corrected chi connectivity index (χ1v) is 9.96. The van der Waals surface area contributed by atoms with E-state index < -0.39 is 11.9 Å².